The highest BCUT2D eigenvalue weighted by molar-refractivity contribution is 6.89. The van der Waals surface area contributed by atoms with Crippen LogP contribution in [0.15, 0.2) is 24.3 Å². The molecule has 1 aromatic rings. The standard InChI is InChI=1S/C11H16O2Si/c1-9(12)13-10-7-5-6-8-11(10)14(2,3)4/h5-8H,1-4H3. The molecule has 0 amide bonds. The first-order valence-electron chi connectivity index (χ1n) is 4.69. The Balaban J connectivity index is 3.10. The molecule has 0 aromatic heterocycles. The Bertz CT molecular complexity index is 339. The fourth-order valence-corrected chi connectivity index (χ4v) is 2.80. The average Bonchev–Trinajstić information content (AvgIpc) is 2.01. The molecule has 0 saturated heterocycles. The quantitative estimate of drug-likeness (QED) is 0.423. The van der Waals surface area contributed by atoms with Gasteiger partial charge in [0.2, 0.25) is 0 Å². The molecule has 0 aliphatic heterocycles. The summed E-state index contributed by atoms with van der Waals surface area (Å²) in [6, 6.07) is 7.78. The van der Waals surface area contributed by atoms with E-state index in [0.717, 1.165) is 5.75 Å². The molecule has 76 valence electrons. The Morgan fingerprint density at radius 3 is 2.29 bits per heavy atom. The lowest BCUT2D eigenvalue weighted by Gasteiger charge is -2.19. The zero-order valence-corrected chi connectivity index (χ0v) is 10.1. The normalized spacial score (nSPS) is 11.1. The van der Waals surface area contributed by atoms with Crippen LogP contribution in [0.3, 0.4) is 0 Å². The van der Waals surface area contributed by atoms with Crippen LogP contribution in [-0.4, -0.2) is 14.0 Å². The SMILES string of the molecule is CC(=O)Oc1ccccc1[Si](C)(C)C. The number of carbonyl (C=O) groups is 1. The van der Waals surface area contributed by atoms with Crippen molar-refractivity contribution in [3.63, 3.8) is 0 Å². The summed E-state index contributed by atoms with van der Waals surface area (Å²) in [7, 11) is -1.42. The van der Waals surface area contributed by atoms with Gasteiger partial charge in [0, 0.05) is 6.92 Å². The number of hydrogen-bond donors (Lipinski definition) is 0. The van der Waals surface area contributed by atoms with E-state index in [0.29, 0.717) is 0 Å². The molecule has 0 heterocycles. The van der Waals surface area contributed by atoms with Gasteiger partial charge in [-0.05, 0) is 11.3 Å². The van der Waals surface area contributed by atoms with Crippen molar-refractivity contribution < 1.29 is 9.53 Å². The second kappa shape index (κ2) is 3.96. The Labute approximate surface area is 85.9 Å². The molecule has 0 fully saturated rings. The van der Waals surface area contributed by atoms with Crippen molar-refractivity contribution in [2.45, 2.75) is 26.6 Å². The van der Waals surface area contributed by atoms with Gasteiger partial charge in [0.1, 0.15) is 5.75 Å². The minimum atomic E-state index is -1.42. The first-order valence-corrected chi connectivity index (χ1v) is 8.19. The first kappa shape index (κ1) is 11.0. The number of hydrogen-bond acceptors (Lipinski definition) is 2. The number of ether oxygens (including phenoxy) is 1. The van der Waals surface area contributed by atoms with E-state index in [1.165, 1.54) is 12.1 Å². The van der Waals surface area contributed by atoms with E-state index in [-0.39, 0.29) is 5.97 Å². The van der Waals surface area contributed by atoms with Crippen LogP contribution in [0.25, 0.3) is 0 Å². The third-order valence-corrected chi connectivity index (χ3v) is 3.98. The van der Waals surface area contributed by atoms with Gasteiger partial charge in [-0.1, -0.05) is 37.8 Å². The minimum Gasteiger partial charge on any atom is -0.427 e. The highest BCUT2D eigenvalue weighted by Gasteiger charge is 2.21. The summed E-state index contributed by atoms with van der Waals surface area (Å²) in [6.07, 6.45) is 0. The van der Waals surface area contributed by atoms with Crippen LogP contribution in [0, 0.1) is 0 Å². The molecule has 0 saturated carbocycles. The number of benzene rings is 1. The van der Waals surface area contributed by atoms with Crippen molar-refractivity contribution in [2.24, 2.45) is 0 Å². The van der Waals surface area contributed by atoms with Gasteiger partial charge in [0.25, 0.3) is 0 Å². The van der Waals surface area contributed by atoms with E-state index >= 15 is 0 Å². The molecule has 14 heavy (non-hydrogen) atoms. The van der Waals surface area contributed by atoms with Gasteiger partial charge in [-0.15, -0.1) is 0 Å². The molecule has 3 heteroatoms. The fraction of sp³-hybridized carbons (Fsp3) is 0.364. The van der Waals surface area contributed by atoms with Gasteiger partial charge in [-0.2, -0.15) is 0 Å². The maximum absolute atomic E-state index is 10.9. The average molecular weight is 208 g/mol. The molecule has 0 aliphatic rings. The van der Waals surface area contributed by atoms with Crippen LogP contribution in [0.2, 0.25) is 19.6 Å². The summed E-state index contributed by atoms with van der Waals surface area (Å²) in [4.78, 5) is 10.9. The van der Waals surface area contributed by atoms with Crippen LogP contribution in [0.1, 0.15) is 6.92 Å². The molecular weight excluding hydrogens is 192 g/mol. The number of para-hydroxylation sites is 1. The van der Waals surface area contributed by atoms with Gasteiger partial charge >= 0.3 is 5.97 Å². The summed E-state index contributed by atoms with van der Waals surface area (Å²) >= 11 is 0. The van der Waals surface area contributed by atoms with Crippen LogP contribution < -0.4 is 9.92 Å². The summed E-state index contributed by atoms with van der Waals surface area (Å²) in [6.45, 7) is 8.13. The van der Waals surface area contributed by atoms with Crippen LogP contribution in [0.4, 0.5) is 0 Å². The summed E-state index contributed by atoms with van der Waals surface area (Å²) in [5.41, 5.74) is 0. The van der Waals surface area contributed by atoms with Crippen LogP contribution >= 0.6 is 0 Å². The third kappa shape index (κ3) is 2.70. The molecule has 0 unspecified atom stereocenters. The maximum atomic E-state index is 10.9. The highest BCUT2D eigenvalue weighted by atomic mass is 28.3. The maximum Gasteiger partial charge on any atom is 0.308 e. The van der Waals surface area contributed by atoms with Gasteiger partial charge < -0.3 is 4.74 Å². The second-order valence-corrected chi connectivity index (χ2v) is 9.38. The monoisotopic (exact) mass is 208 g/mol. The lowest BCUT2D eigenvalue weighted by Crippen LogP contribution is -2.38. The first-order chi connectivity index (χ1) is 6.41. The van der Waals surface area contributed by atoms with Crippen LogP contribution in [-0.2, 0) is 4.79 Å². The lowest BCUT2D eigenvalue weighted by atomic mass is 10.3. The van der Waals surface area contributed by atoms with Gasteiger partial charge in [-0.3, -0.25) is 4.79 Å². The van der Waals surface area contributed by atoms with E-state index in [1.54, 1.807) is 0 Å². The van der Waals surface area contributed by atoms with E-state index in [4.69, 9.17) is 4.74 Å². The van der Waals surface area contributed by atoms with E-state index in [9.17, 15) is 4.79 Å². The smallest absolute Gasteiger partial charge is 0.308 e. The highest BCUT2D eigenvalue weighted by Crippen LogP contribution is 2.13. The number of rotatable bonds is 2. The largest absolute Gasteiger partial charge is 0.427 e. The van der Waals surface area contributed by atoms with Crippen molar-refractivity contribution >= 4 is 19.2 Å². The summed E-state index contributed by atoms with van der Waals surface area (Å²) < 4.78 is 5.17. The second-order valence-electron chi connectivity index (χ2n) is 4.34. The van der Waals surface area contributed by atoms with Crippen molar-refractivity contribution in [3.8, 4) is 5.75 Å². The van der Waals surface area contributed by atoms with E-state index in [1.807, 2.05) is 24.3 Å². The Kier molecular flexibility index (Phi) is 3.11. The van der Waals surface area contributed by atoms with E-state index in [2.05, 4.69) is 19.6 Å². The number of carbonyl (C=O) groups excluding carboxylic acids is 1. The molecule has 0 radical (unpaired) electrons. The summed E-state index contributed by atoms with van der Waals surface area (Å²) in [5, 5.41) is 1.19. The zero-order chi connectivity index (χ0) is 10.8. The molecule has 0 bridgehead atoms. The molecule has 0 atom stereocenters. The van der Waals surface area contributed by atoms with Gasteiger partial charge in [-0.25, -0.2) is 0 Å². The van der Waals surface area contributed by atoms with Crippen LogP contribution in [0.5, 0.6) is 5.75 Å². The minimum absolute atomic E-state index is 0.254. The number of esters is 1. The molecule has 0 N–H and O–H groups in total. The van der Waals surface area contributed by atoms with Crippen molar-refractivity contribution in [1.29, 1.82) is 0 Å². The van der Waals surface area contributed by atoms with E-state index < -0.39 is 8.07 Å². The molecule has 1 rings (SSSR count). The van der Waals surface area contributed by atoms with Gasteiger partial charge in [0.15, 0.2) is 0 Å². The topological polar surface area (TPSA) is 26.3 Å². The van der Waals surface area contributed by atoms with Gasteiger partial charge in [0.05, 0.1) is 8.07 Å². The van der Waals surface area contributed by atoms with Crippen molar-refractivity contribution in [3.05, 3.63) is 24.3 Å². The van der Waals surface area contributed by atoms with Crippen molar-refractivity contribution in [2.75, 3.05) is 0 Å². The molecule has 0 spiro atoms. The molecule has 0 aliphatic carbocycles. The molecule has 1 aromatic carbocycles. The fourth-order valence-electron chi connectivity index (χ4n) is 1.33. The molecule has 2 nitrogen and oxygen atoms in total. The third-order valence-electron chi connectivity index (χ3n) is 1.95. The zero-order valence-electron chi connectivity index (χ0n) is 9.13. The van der Waals surface area contributed by atoms with Crippen molar-refractivity contribution in [1.82, 2.24) is 0 Å². The Hall–Kier alpha value is -1.09. The predicted molar refractivity (Wildman–Crippen MR) is 60.7 cm³/mol. The lowest BCUT2D eigenvalue weighted by molar-refractivity contribution is -0.131. The predicted octanol–water partition coefficient (Wildman–Crippen LogP) is 2.16. The Morgan fingerprint density at radius 2 is 1.79 bits per heavy atom. The molecular formula is C11H16O2Si. The Morgan fingerprint density at radius 1 is 1.21 bits per heavy atom. The summed E-state index contributed by atoms with van der Waals surface area (Å²) in [5.74, 6) is 0.467.